The lowest BCUT2D eigenvalue weighted by Crippen LogP contribution is -2.55. The van der Waals surface area contributed by atoms with Crippen LogP contribution in [0.2, 0.25) is 0 Å². The molecule has 1 aliphatic heterocycles. The zero-order chi connectivity index (χ0) is 21.1. The van der Waals surface area contributed by atoms with Gasteiger partial charge in [0.25, 0.3) is 0 Å². The molecule has 0 saturated carbocycles. The van der Waals surface area contributed by atoms with Crippen LogP contribution in [0.25, 0.3) is 0 Å². The van der Waals surface area contributed by atoms with E-state index in [1.54, 1.807) is 12.1 Å². The molecule has 0 spiro atoms. The molecule has 6 heteroatoms. The fourth-order valence-corrected chi connectivity index (χ4v) is 3.33. The fourth-order valence-electron chi connectivity index (χ4n) is 3.33. The van der Waals surface area contributed by atoms with E-state index >= 15 is 0 Å². The third kappa shape index (κ3) is 8.15. The molecule has 1 N–H and O–H groups in total. The molecule has 162 valence electrons. The zero-order valence-corrected chi connectivity index (χ0v) is 18.2. The van der Waals surface area contributed by atoms with Gasteiger partial charge in [-0.05, 0) is 44.5 Å². The molecule has 0 atom stereocenters. The molecular formula is C23H36N2O4. The Morgan fingerprint density at radius 3 is 2.45 bits per heavy atom. The molecule has 0 radical (unpaired) electrons. The average Bonchev–Trinajstić information content (AvgIpc) is 2.75. The number of amides is 1. The van der Waals surface area contributed by atoms with Crippen LogP contribution in [0.15, 0.2) is 24.3 Å². The molecule has 0 aliphatic carbocycles. The van der Waals surface area contributed by atoms with Crippen molar-refractivity contribution in [2.45, 2.75) is 58.4 Å². The molecule has 0 bridgehead atoms. The highest BCUT2D eigenvalue weighted by molar-refractivity contribution is 5.98. The van der Waals surface area contributed by atoms with Crippen molar-refractivity contribution in [1.29, 1.82) is 0 Å². The SMILES string of the molecule is CCCCCOc1ccc(C(=O)CCC(=O)NCC(C)(C)N2CCOCC2)cc1. The zero-order valence-electron chi connectivity index (χ0n) is 18.2. The van der Waals surface area contributed by atoms with Crippen LogP contribution in [0, 0.1) is 0 Å². The number of unbranched alkanes of at least 4 members (excludes halogenated alkanes) is 2. The second-order valence-corrected chi connectivity index (χ2v) is 8.19. The Labute approximate surface area is 174 Å². The number of morpholine rings is 1. The summed E-state index contributed by atoms with van der Waals surface area (Å²) in [6, 6.07) is 7.20. The van der Waals surface area contributed by atoms with Gasteiger partial charge >= 0.3 is 0 Å². The number of hydrogen-bond donors (Lipinski definition) is 1. The molecule has 0 aromatic heterocycles. The van der Waals surface area contributed by atoms with Crippen molar-refractivity contribution in [2.24, 2.45) is 0 Å². The summed E-state index contributed by atoms with van der Waals surface area (Å²) in [5.74, 6) is 0.668. The van der Waals surface area contributed by atoms with Gasteiger partial charge in [0, 0.05) is 43.6 Å². The monoisotopic (exact) mass is 404 g/mol. The molecule has 0 unspecified atom stereocenters. The number of nitrogens with one attached hydrogen (secondary N) is 1. The molecule has 1 aromatic rings. The van der Waals surface area contributed by atoms with Gasteiger partial charge in [-0.1, -0.05) is 19.8 Å². The first-order valence-corrected chi connectivity index (χ1v) is 10.8. The van der Waals surface area contributed by atoms with Gasteiger partial charge in [-0.25, -0.2) is 0 Å². The van der Waals surface area contributed by atoms with Gasteiger partial charge in [-0.3, -0.25) is 14.5 Å². The Morgan fingerprint density at radius 1 is 1.10 bits per heavy atom. The number of carbonyl (C=O) groups excluding carboxylic acids is 2. The van der Waals surface area contributed by atoms with E-state index in [1.165, 1.54) is 0 Å². The molecule has 1 aliphatic rings. The van der Waals surface area contributed by atoms with E-state index in [0.717, 1.165) is 51.3 Å². The van der Waals surface area contributed by atoms with Crippen LogP contribution in [0.5, 0.6) is 5.75 Å². The molecule has 1 aromatic carbocycles. The van der Waals surface area contributed by atoms with E-state index in [0.29, 0.717) is 18.7 Å². The fraction of sp³-hybridized carbons (Fsp3) is 0.652. The molecule has 1 saturated heterocycles. The van der Waals surface area contributed by atoms with E-state index in [1.807, 2.05) is 12.1 Å². The number of benzene rings is 1. The number of ketones is 1. The summed E-state index contributed by atoms with van der Waals surface area (Å²) in [6.07, 6.45) is 3.76. The van der Waals surface area contributed by atoms with E-state index in [-0.39, 0.29) is 30.1 Å². The lowest BCUT2D eigenvalue weighted by Gasteiger charge is -2.40. The normalized spacial score (nSPS) is 15.1. The molecule has 1 amide bonds. The van der Waals surface area contributed by atoms with Crippen LogP contribution in [0.4, 0.5) is 0 Å². The summed E-state index contributed by atoms with van der Waals surface area (Å²) in [7, 11) is 0. The van der Waals surface area contributed by atoms with Crippen LogP contribution in [-0.2, 0) is 9.53 Å². The highest BCUT2D eigenvalue weighted by Crippen LogP contribution is 2.16. The van der Waals surface area contributed by atoms with Crippen molar-refractivity contribution in [3.05, 3.63) is 29.8 Å². The van der Waals surface area contributed by atoms with Crippen molar-refractivity contribution < 1.29 is 19.1 Å². The lowest BCUT2D eigenvalue weighted by molar-refractivity contribution is -0.121. The number of Topliss-reactive ketones (excluding diaryl/α,β-unsaturated/α-hetero) is 1. The van der Waals surface area contributed by atoms with Crippen LogP contribution in [0.3, 0.4) is 0 Å². The van der Waals surface area contributed by atoms with Crippen molar-refractivity contribution in [1.82, 2.24) is 10.2 Å². The van der Waals surface area contributed by atoms with Gasteiger partial charge < -0.3 is 14.8 Å². The Balaban J connectivity index is 1.70. The van der Waals surface area contributed by atoms with Crippen molar-refractivity contribution in [3.63, 3.8) is 0 Å². The summed E-state index contributed by atoms with van der Waals surface area (Å²) in [5, 5.41) is 2.98. The summed E-state index contributed by atoms with van der Waals surface area (Å²) >= 11 is 0. The van der Waals surface area contributed by atoms with Gasteiger partial charge in [0.2, 0.25) is 5.91 Å². The third-order valence-electron chi connectivity index (χ3n) is 5.36. The van der Waals surface area contributed by atoms with E-state index in [2.05, 4.69) is 31.0 Å². The standard InChI is InChI=1S/C23H36N2O4/c1-4-5-6-15-29-20-9-7-19(8-10-20)21(26)11-12-22(27)24-18-23(2,3)25-13-16-28-17-14-25/h7-10H,4-6,11-18H2,1-3H3,(H,24,27). The number of carbonyl (C=O) groups is 2. The first kappa shape index (κ1) is 23.4. The first-order valence-electron chi connectivity index (χ1n) is 10.8. The Morgan fingerprint density at radius 2 is 1.79 bits per heavy atom. The highest BCUT2D eigenvalue weighted by atomic mass is 16.5. The van der Waals surface area contributed by atoms with E-state index < -0.39 is 0 Å². The predicted molar refractivity (Wildman–Crippen MR) is 115 cm³/mol. The first-order chi connectivity index (χ1) is 13.9. The Bertz CT molecular complexity index is 637. The maximum Gasteiger partial charge on any atom is 0.220 e. The maximum absolute atomic E-state index is 12.4. The van der Waals surface area contributed by atoms with Crippen molar-refractivity contribution in [3.8, 4) is 5.75 Å². The molecule has 1 fully saturated rings. The molecular weight excluding hydrogens is 368 g/mol. The van der Waals surface area contributed by atoms with Crippen molar-refractivity contribution >= 4 is 11.7 Å². The second kappa shape index (κ2) is 11.9. The quantitative estimate of drug-likeness (QED) is 0.427. The maximum atomic E-state index is 12.4. The third-order valence-corrected chi connectivity index (χ3v) is 5.36. The smallest absolute Gasteiger partial charge is 0.220 e. The van der Waals surface area contributed by atoms with Gasteiger partial charge in [-0.15, -0.1) is 0 Å². The second-order valence-electron chi connectivity index (χ2n) is 8.19. The van der Waals surface area contributed by atoms with Crippen LogP contribution in [0.1, 0.15) is 63.2 Å². The molecule has 1 heterocycles. The van der Waals surface area contributed by atoms with Gasteiger partial charge in [-0.2, -0.15) is 0 Å². The van der Waals surface area contributed by atoms with Crippen molar-refractivity contribution in [2.75, 3.05) is 39.5 Å². The predicted octanol–water partition coefficient (Wildman–Crippen LogP) is 3.45. The van der Waals surface area contributed by atoms with Gasteiger partial charge in [0.05, 0.1) is 19.8 Å². The number of ether oxygens (including phenoxy) is 2. The molecule has 29 heavy (non-hydrogen) atoms. The summed E-state index contributed by atoms with van der Waals surface area (Å²) in [4.78, 5) is 26.9. The van der Waals surface area contributed by atoms with E-state index in [9.17, 15) is 9.59 Å². The molecule has 2 rings (SSSR count). The largest absolute Gasteiger partial charge is 0.494 e. The number of rotatable bonds is 12. The highest BCUT2D eigenvalue weighted by Gasteiger charge is 2.28. The van der Waals surface area contributed by atoms with Crippen LogP contribution in [-0.4, -0.2) is 61.6 Å². The summed E-state index contributed by atoms with van der Waals surface area (Å²) < 4.78 is 11.1. The summed E-state index contributed by atoms with van der Waals surface area (Å²) in [5.41, 5.74) is 0.489. The Hall–Kier alpha value is -1.92. The lowest BCUT2D eigenvalue weighted by atomic mass is 10.0. The Kier molecular flexibility index (Phi) is 9.61. The van der Waals surface area contributed by atoms with E-state index in [4.69, 9.17) is 9.47 Å². The molecule has 6 nitrogen and oxygen atoms in total. The van der Waals surface area contributed by atoms with Crippen LogP contribution >= 0.6 is 0 Å². The minimum absolute atomic E-state index is 0.0230. The minimum Gasteiger partial charge on any atom is -0.494 e. The minimum atomic E-state index is -0.129. The average molecular weight is 405 g/mol. The van der Waals surface area contributed by atoms with Gasteiger partial charge in [0.15, 0.2) is 5.78 Å². The van der Waals surface area contributed by atoms with Gasteiger partial charge in [0.1, 0.15) is 5.75 Å². The topological polar surface area (TPSA) is 67.9 Å². The number of hydrogen-bond acceptors (Lipinski definition) is 5. The summed E-state index contributed by atoms with van der Waals surface area (Å²) in [6.45, 7) is 10.9. The van der Waals surface area contributed by atoms with Crippen LogP contribution < -0.4 is 10.1 Å². The number of nitrogens with zero attached hydrogens (tertiary/aromatic N) is 1.